The van der Waals surface area contributed by atoms with Crippen molar-refractivity contribution in [3.63, 3.8) is 0 Å². The van der Waals surface area contributed by atoms with E-state index in [0.717, 1.165) is 18.3 Å². The zero-order valence-corrected chi connectivity index (χ0v) is 19.0. The summed E-state index contributed by atoms with van der Waals surface area (Å²) < 4.78 is 57.7. The minimum atomic E-state index is -4.61. The first-order valence-electron chi connectivity index (χ1n) is 10.8. The molecule has 7 nitrogen and oxygen atoms in total. The molecule has 1 aromatic carbocycles. The highest BCUT2D eigenvalue weighted by Crippen LogP contribution is 2.47. The molecule has 0 aliphatic heterocycles. The van der Waals surface area contributed by atoms with Crippen LogP contribution < -0.4 is 15.4 Å². The number of pyridine rings is 1. The number of benzene rings is 1. The predicted molar refractivity (Wildman–Crippen MR) is 116 cm³/mol. The fraction of sp³-hybridized carbons (Fsp3) is 0.435. The van der Waals surface area contributed by atoms with Crippen LogP contribution >= 0.6 is 11.6 Å². The molecule has 2 aromatic rings. The van der Waals surface area contributed by atoms with Crippen LogP contribution in [0.15, 0.2) is 36.5 Å². The van der Waals surface area contributed by atoms with E-state index in [1.807, 2.05) is 0 Å². The van der Waals surface area contributed by atoms with Gasteiger partial charge in [-0.3, -0.25) is 14.6 Å². The lowest BCUT2D eigenvalue weighted by atomic mass is 9.60. The maximum Gasteiger partial charge on any atom is 0.416 e. The van der Waals surface area contributed by atoms with E-state index in [1.54, 1.807) is 0 Å². The molecule has 3 aliphatic carbocycles. The van der Waals surface area contributed by atoms with Crippen molar-refractivity contribution >= 4 is 23.4 Å². The number of fused-ring (bicyclic) bond motifs is 3. The molecule has 2 amide bonds. The Bertz CT molecular complexity index is 1140. The van der Waals surface area contributed by atoms with Crippen molar-refractivity contribution in [3.05, 3.63) is 58.6 Å². The number of halogens is 5. The summed E-state index contributed by atoms with van der Waals surface area (Å²) in [7, 11) is 0. The Balaban J connectivity index is 1.36. The fourth-order valence-electron chi connectivity index (χ4n) is 4.73. The number of ether oxygens (including phenoxy) is 1. The lowest BCUT2D eigenvalue weighted by Gasteiger charge is -2.56. The first-order valence-corrected chi connectivity index (χ1v) is 11.2. The van der Waals surface area contributed by atoms with Crippen LogP contribution in [-0.2, 0) is 11.0 Å². The van der Waals surface area contributed by atoms with Crippen LogP contribution in [0.1, 0.15) is 48.2 Å². The fourth-order valence-corrected chi connectivity index (χ4v) is 4.84. The van der Waals surface area contributed by atoms with Gasteiger partial charge in [-0.05, 0) is 56.4 Å². The summed E-state index contributed by atoms with van der Waals surface area (Å²) in [6.45, 7) is -0.404. The molecule has 0 unspecified atom stereocenters. The van der Waals surface area contributed by atoms with Crippen LogP contribution in [0.5, 0.6) is 5.75 Å². The van der Waals surface area contributed by atoms with Crippen LogP contribution in [0.4, 0.5) is 17.6 Å². The molecular formula is C23H22ClF4N3O4. The number of hydrogen-bond donors (Lipinski definition) is 3. The summed E-state index contributed by atoms with van der Waals surface area (Å²) in [5.41, 5.74) is -3.09. The van der Waals surface area contributed by atoms with Gasteiger partial charge in [-0.25, -0.2) is 4.39 Å². The highest BCUT2D eigenvalue weighted by Gasteiger charge is 2.55. The van der Waals surface area contributed by atoms with Crippen LogP contribution in [-0.4, -0.2) is 45.7 Å². The van der Waals surface area contributed by atoms with E-state index < -0.39 is 53.2 Å². The zero-order valence-electron chi connectivity index (χ0n) is 18.3. The molecule has 12 heteroatoms. The van der Waals surface area contributed by atoms with Crippen LogP contribution in [0.25, 0.3) is 0 Å². The molecule has 1 aromatic heterocycles. The molecule has 35 heavy (non-hydrogen) atoms. The van der Waals surface area contributed by atoms with Crippen molar-refractivity contribution in [2.45, 2.75) is 55.5 Å². The summed E-state index contributed by atoms with van der Waals surface area (Å²) >= 11 is 5.62. The van der Waals surface area contributed by atoms with Crippen LogP contribution in [0, 0.1) is 5.82 Å². The third-order valence-corrected chi connectivity index (χ3v) is 6.98. The summed E-state index contributed by atoms with van der Waals surface area (Å²) in [6, 6.07) is 5.25. The Morgan fingerprint density at radius 3 is 2.49 bits per heavy atom. The van der Waals surface area contributed by atoms with E-state index in [1.165, 1.54) is 12.1 Å². The summed E-state index contributed by atoms with van der Waals surface area (Å²) in [5.74, 6) is -1.83. The summed E-state index contributed by atoms with van der Waals surface area (Å²) in [4.78, 5) is 28.9. The van der Waals surface area contributed by atoms with Gasteiger partial charge in [-0.2, -0.15) is 13.2 Å². The number of carbonyl (C=O) groups is 2. The van der Waals surface area contributed by atoms with Gasteiger partial charge in [0, 0.05) is 17.8 Å². The number of carbonyl (C=O) groups excluding carboxylic acids is 2. The van der Waals surface area contributed by atoms with Crippen molar-refractivity contribution < 1.29 is 37.0 Å². The number of aromatic nitrogens is 1. The number of nitrogens with zero attached hydrogens (tertiary/aromatic N) is 1. The van der Waals surface area contributed by atoms with Gasteiger partial charge in [-0.1, -0.05) is 11.6 Å². The minimum absolute atomic E-state index is 0.0763. The molecule has 3 fully saturated rings. The Labute approximate surface area is 202 Å². The number of rotatable bonds is 6. The van der Waals surface area contributed by atoms with Crippen LogP contribution in [0.3, 0.4) is 0 Å². The molecule has 2 bridgehead atoms. The van der Waals surface area contributed by atoms with Crippen molar-refractivity contribution in [1.82, 2.24) is 15.6 Å². The van der Waals surface area contributed by atoms with Crippen molar-refractivity contribution in [2.24, 2.45) is 0 Å². The van der Waals surface area contributed by atoms with E-state index in [2.05, 4.69) is 15.6 Å². The van der Waals surface area contributed by atoms with Crippen molar-refractivity contribution in [2.75, 3.05) is 6.61 Å². The van der Waals surface area contributed by atoms with Gasteiger partial charge in [-0.15, -0.1) is 0 Å². The molecule has 0 radical (unpaired) electrons. The van der Waals surface area contributed by atoms with Gasteiger partial charge in [0.15, 0.2) is 6.61 Å². The quantitative estimate of drug-likeness (QED) is 0.510. The van der Waals surface area contributed by atoms with Gasteiger partial charge >= 0.3 is 6.18 Å². The molecule has 3 saturated carbocycles. The highest BCUT2D eigenvalue weighted by atomic mass is 35.5. The molecular weight excluding hydrogens is 494 g/mol. The largest absolute Gasteiger partial charge is 0.484 e. The summed E-state index contributed by atoms with van der Waals surface area (Å²) in [5, 5.41) is 16.3. The van der Waals surface area contributed by atoms with E-state index in [4.69, 9.17) is 16.3 Å². The molecule has 5 rings (SSSR count). The molecule has 0 spiro atoms. The number of aliphatic hydroxyl groups excluding tert-OH is 1. The van der Waals surface area contributed by atoms with Gasteiger partial charge in [0.05, 0.1) is 22.2 Å². The monoisotopic (exact) mass is 515 g/mol. The smallest absolute Gasteiger partial charge is 0.416 e. The zero-order chi connectivity index (χ0) is 25.4. The molecule has 3 N–H and O–H groups in total. The lowest BCUT2D eigenvalue weighted by molar-refractivity contribution is -0.137. The molecule has 1 heterocycles. The first kappa shape index (κ1) is 25.2. The van der Waals surface area contributed by atoms with E-state index in [0.29, 0.717) is 31.7 Å². The lowest BCUT2D eigenvalue weighted by Crippen LogP contribution is -2.70. The highest BCUT2D eigenvalue weighted by molar-refractivity contribution is 6.30. The topological polar surface area (TPSA) is 101 Å². The predicted octanol–water partition coefficient (Wildman–Crippen LogP) is 3.63. The number of alkyl halides is 3. The maximum atomic E-state index is 13.5. The second-order valence-corrected chi connectivity index (χ2v) is 9.36. The van der Waals surface area contributed by atoms with Crippen molar-refractivity contribution in [3.8, 4) is 5.75 Å². The average molecular weight is 516 g/mol. The third-order valence-electron chi connectivity index (χ3n) is 6.67. The molecule has 3 aliphatic rings. The Morgan fingerprint density at radius 1 is 1.14 bits per heavy atom. The average Bonchev–Trinajstić information content (AvgIpc) is 2.80. The maximum absolute atomic E-state index is 13.5. The number of nitrogens with one attached hydrogen (secondary N) is 2. The SMILES string of the molecule is O=C(COc1ccc(Cl)c(F)c1)NC12CCC(NC(=O)c3cc(C(F)(F)F)ccn3)(CC1)C[C@@H]2O. The Morgan fingerprint density at radius 2 is 1.86 bits per heavy atom. The Kier molecular flexibility index (Phi) is 6.67. The standard InChI is InChI=1S/C23H22ClF4N3O4/c24-15-2-1-14(10-16(15)25)35-12-19(33)30-22-6-4-21(5-7-22,11-18(22)32)31-20(34)17-9-13(3-8-29-17)23(26,27)28/h1-3,8-10,18,32H,4-7,11-12H2,(H,30,33)(H,31,34)/t18-,21?,22?/m0/s1. The van der Waals surface area contributed by atoms with Gasteiger partial charge in [0.25, 0.3) is 11.8 Å². The number of amides is 2. The van der Waals surface area contributed by atoms with E-state index in [-0.39, 0.29) is 22.9 Å². The summed E-state index contributed by atoms with van der Waals surface area (Å²) in [6.07, 6.45) is -3.09. The first-order chi connectivity index (χ1) is 16.4. The molecule has 0 saturated heterocycles. The molecule has 188 valence electrons. The Hall–Kier alpha value is -2.92. The second-order valence-electron chi connectivity index (χ2n) is 8.95. The van der Waals surface area contributed by atoms with E-state index in [9.17, 15) is 32.3 Å². The third kappa shape index (κ3) is 5.35. The van der Waals surface area contributed by atoms with E-state index >= 15 is 0 Å². The minimum Gasteiger partial charge on any atom is -0.484 e. The normalized spacial score (nSPS) is 25.7. The number of aliphatic hydroxyl groups is 1. The second kappa shape index (κ2) is 9.27. The van der Waals surface area contributed by atoms with Gasteiger partial charge in [0.2, 0.25) is 0 Å². The van der Waals surface area contributed by atoms with Gasteiger partial charge in [0.1, 0.15) is 17.3 Å². The molecule has 1 atom stereocenters. The van der Waals surface area contributed by atoms with Gasteiger partial charge < -0.3 is 20.5 Å². The van der Waals surface area contributed by atoms with Crippen molar-refractivity contribution in [1.29, 1.82) is 0 Å². The van der Waals surface area contributed by atoms with Crippen LogP contribution in [0.2, 0.25) is 5.02 Å². The number of hydrogen-bond acceptors (Lipinski definition) is 5.